The molecular weight excluding hydrogens is 454 g/mol. The average molecular weight is 472 g/mol. The van der Waals surface area contributed by atoms with E-state index in [4.69, 9.17) is 23.2 Å². The average Bonchev–Trinajstić information content (AvgIpc) is 2.72. The third-order valence-electron chi connectivity index (χ3n) is 4.69. The van der Waals surface area contributed by atoms with Crippen LogP contribution in [0.15, 0.2) is 48.5 Å². The van der Waals surface area contributed by atoms with Crippen LogP contribution in [0.1, 0.15) is 5.56 Å². The molecule has 0 saturated carbocycles. The number of anilines is 2. The van der Waals surface area contributed by atoms with Gasteiger partial charge in [0, 0.05) is 53.7 Å². The Morgan fingerprint density at radius 1 is 0.968 bits per heavy atom. The highest BCUT2D eigenvalue weighted by atomic mass is 35.5. The lowest BCUT2D eigenvalue weighted by Gasteiger charge is -2.36. The number of carbonyl (C=O) groups excluding carboxylic acids is 2. The van der Waals surface area contributed by atoms with Gasteiger partial charge in [0.15, 0.2) is 0 Å². The standard InChI is InChI=1S/C21H18Cl2F3N3O2/c22-15-3-1-14(18(23)13-15)2-8-19(30)27-16-4-6-17(7-5-16)28-9-11-29(12-10-28)20(31)21(24,25)26/h1-8,13H,9-12H2,(H,27,30)/b8-2+. The lowest BCUT2D eigenvalue weighted by atomic mass is 10.2. The Labute approximate surface area is 187 Å². The molecule has 0 spiro atoms. The van der Waals surface area contributed by atoms with Gasteiger partial charge in [-0.1, -0.05) is 29.3 Å². The van der Waals surface area contributed by atoms with Crippen molar-refractivity contribution in [2.45, 2.75) is 6.18 Å². The van der Waals surface area contributed by atoms with Gasteiger partial charge in [0.25, 0.3) is 0 Å². The molecule has 164 valence electrons. The number of hydrogen-bond donors (Lipinski definition) is 1. The van der Waals surface area contributed by atoms with E-state index in [1.54, 1.807) is 48.5 Å². The minimum Gasteiger partial charge on any atom is -0.368 e. The van der Waals surface area contributed by atoms with Gasteiger partial charge in [-0.2, -0.15) is 13.2 Å². The minimum absolute atomic E-state index is 0.00508. The maximum atomic E-state index is 12.5. The maximum Gasteiger partial charge on any atom is 0.471 e. The Morgan fingerprint density at radius 3 is 2.19 bits per heavy atom. The van der Waals surface area contributed by atoms with Crippen LogP contribution in [0.3, 0.4) is 0 Å². The zero-order valence-electron chi connectivity index (χ0n) is 16.1. The SMILES string of the molecule is O=C(/C=C/c1ccc(Cl)cc1Cl)Nc1ccc(N2CCN(C(=O)C(F)(F)F)CC2)cc1. The first-order chi connectivity index (χ1) is 14.6. The number of benzene rings is 2. The van der Waals surface area contributed by atoms with Crippen LogP contribution < -0.4 is 10.2 Å². The maximum absolute atomic E-state index is 12.5. The third kappa shape index (κ3) is 6.15. The molecule has 5 nitrogen and oxygen atoms in total. The van der Waals surface area contributed by atoms with Crippen molar-refractivity contribution in [1.82, 2.24) is 4.90 Å². The predicted octanol–water partition coefficient (Wildman–Crippen LogP) is 4.86. The van der Waals surface area contributed by atoms with Crippen LogP contribution in [-0.4, -0.2) is 49.1 Å². The number of nitrogens with zero attached hydrogens (tertiary/aromatic N) is 2. The van der Waals surface area contributed by atoms with E-state index in [0.29, 0.717) is 21.3 Å². The largest absolute Gasteiger partial charge is 0.471 e. The highest BCUT2D eigenvalue weighted by Gasteiger charge is 2.43. The van der Waals surface area contributed by atoms with Gasteiger partial charge in [0.2, 0.25) is 5.91 Å². The molecule has 10 heteroatoms. The summed E-state index contributed by atoms with van der Waals surface area (Å²) in [6, 6.07) is 11.9. The Hall–Kier alpha value is -2.71. The van der Waals surface area contributed by atoms with Crippen molar-refractivity contribution in [2.24, 2.45) is 0 Å². The first kappa shape index (κ1) is 23.0. The lowest BCUT2D eigenvalue weighted by Crippen LogP contribution is -2.52. The number of alkyl halides is 3. The smallest absolute Gasteiger partial charge is 0.368 e. The summed E-state index contributed by atoms with van der Waals surface area (Å²) >= 11 is 11.9. The molecule has 1 saturated heterocycles. The summed E-state index contributed by atoms with van der Waals surface area (Å²) in [5.74, 6) is -2.16. The van der Waals surface area contributed by atoms with E-state index in [9.17, 15) is 22.8 Å². The number of hydrogen-bond acceptors (Lipinski definition) is 3. The van der Waals surface area contributed by atoms with Crippen molar-refractivity contribution >= 4 is 52.5 Å². The molecule has 1 aliphatic rings. The Kier molecular flexibility index (Phi) is 7.12. The van der Waals surface area contributed by atoms with Gasteiger partial charge in [-0.05, 0) is 48.0 Å². The normalized spacial score (nSPS) is 14.7. The Morgan fingerprint density at radius 2 is 1.61 bits per heavy atom. The number of rotatable bonds is 4. The van der Waals surface area contributed by atoms with Crippen LogP contribution in [-0.2, 0) is 9.59 Å². The van der Waals surface area contributed by atoms with Gasteiger partial charge in [-0.25, -0.2) is 0 Å². The van der Waals surface area contributed by atoms with Gasteiger partial charge in [0.1, 0.15) is 0 Å². The molecule has 2 amide bonds. The molecule has 1 N–H and O–H groups in total. The van der Waals surface area contributed by atoms with E-state index in [1.807, 2.05) is 4.90 Å². The molecule has 1 fully saturated rings. The summed E-state index contributed by atoms with van der Waals surface area (Å²) in [4.78, 5) is 26.1. The topological polar surface area (TPSA) is 52.7 Å². The van der Waals surface area contributed by atoms with E-state index >= 15 is 0 Å². The minimum atomic E-state index is -4.85. The fourth-order valence-corrected chi connectivity index (χ4v) is 3.56. The Balaban J connectivity index is 1.54. The molecule has 31 heavy (non-hydrogen) atoms. The Bertz CT molecular complexity index is 986. The second kappa shape index (κ2) is 9.62. The van der Waals surface area contributed by atoms with Gasteiger partial charge in [-0.3, -0.25) is 9.59 Å². The lowest BCUT2D eigenvalue weighted by molar-refractivity contribution is -0.185. The van der Waals surface area contributed by atoms with Crippen LogP contribution in [0.25, 0.3) is 6.08 Å². The van der Waals surface area contributed by atoms with Crippen molar-refractivity contribution in [3.8, 4) is 0 Å². The van der Waals surface area contributed by atoms with Gasteiger partial charge in [-0.15, -0.1) is 0 Å². The summed E-state index contributed by atoms with van der Waals surface area (Å²) in [5.41, 5.74) is 2.01. The van der Waals surface area contributed by atoms with E-state index < -0.39 is 12.1 Å². The number of amides is 2. The van der Waals surface area contributed by atoms with Crippen LogP contribution in [0.2, 0.25) is 10.0 Å². The molecule has 0 radical (unpaired) electrons. The molecular formula is C21H18Cl2F3N3O2. The summed E-state index contributed by atoms with van der Waals surface area (Å²) in [5, 5.41) is 3.65. The number of nitrogens with one attached hydrogen (secondary N) is 1. The molecule has 0 unspecified atom stereocenters. The molecule has 0 aromatic heterocycles. The molecule has 1 heterocycles. The second-order valence-corrected chi connectivity index (χ2v) is 7.66. The number of halogens is 5. The van der Waals surface area contributed by atoms with Crippen molar-refractivity contribution in [3.63, 3.8) is 0 Å². The van der Waals surface area contributed by atoms with Gasteiger partial charge in [0.05, 0.1) is 0 Å². The molecule has 3 rings (SSSR count). The molecule has 0 bridgehead atoms. The fraction of sp³-hybridized carbons (Fsp3) is 0.238. The van der Waals surface area contributed by atoms with E-state index in [1.165, 1.54) is 6.08 Å². The van der Waals surface area contributed by atoms with Crippen LogP contribution >= 0.6 is 23.2 Å². The van der Waals surface area contributed by atoms with E-state index in [-0.39, 0.29) is 32.1 Å². The van der Waals surface area contributed by atoms with Gasteiger partial charge < -0.3 is 15.1 Å². The van der Waals surface area contributed by atoms with Crippen LogP contribution in [0, 0.1) is 0 Å². The molecule has 2 aromatic carbocycles. The molecule has 0 aliphatic carbocycles. The van der Waals surface area contributed by atoms with Crippen molar-refractivity contribution in [3.05, 3.63) is 64.1 Å². The van der Waals surface area contributed by atoms with Crippen molar-refractivity contribution < 1.29 is 22.8 Å². The molecule has 2 aromatic rings. The van der Waals surface area contributed by atoms with E-state index in [2.05, 4.69) is 5.32 Å². The highest BCUT2D eigenvalue weighted by Crippen LogP contribution is 2.24. The van der Waals surface area contributed by atoms with Crippen LogP contribution in [0.4, 0.5) is 24.5 Å². The first-order valence-electron chi connectivity index (χ1n) is 9.29. The first-order valence-corrected chi connectivity index (χ1v) is 10.0. The summed E-state index contributed by atoms with van der Waals surface area (Å²) in [7, 11) is 0. The summed E-state index contributed by atoms with van der Waals surface area (Å²) < 4.78 is 37.6. The highest BCUT2D eigenvalue weighted by molar-refractivity contribution is 6.35. The predicted molar refractivity (Wildman–Crippen MR) is 115 cm³/mol. The zero-order valence-corrected chi connectivity index (χ0v) is 17.6. The molecule has 1 aliphatic heterocycles. The summed E-state index contributed by atoms with van der Waals surface area (Å²) in [6.45, 7) is 0.569. The van der Waals surface area contributed by atoms with Crippen molar-refractivity contribution in [2.75, 3.05) is 36.4 Å². The quantitative estimate of drug-likeness (QED) is 0.648. The third-order valence-corrected chi connectivity index (χ3v) is 5.25. The molecule has 0 atom stereocenters. The van der Waals surface area contributed by atoms with Crippen molar-refractivity contribution in [1.29, 1.82) is 0 Å². The van der Waals surface area contributed by atoms with Crippen LogP contribution in [0.5, 0.6) is 0 Å². The zero-order chi connectivity index (χ0) is 22.6. The van der Waals surface area contributed by atoms with Gasteiger partial charge >= 0.3 is 12.1 Å². The second-order valence-electron chi connectivity index (χ2n) is 6.81. The monoisotopic (exact) mass is 471 g/mol. The van der Waals surface area contributed by atoms with E-state index in [0.717, 1.165) is 10.6 Å². The number of piperazine rings is 1. The summed E-state index contributed by atoms with van der Waals surface area (Å²) in [6.07, 6.45) is -1.93. The fourth-order valence-electron chi connectivity index (χ4n) is 3.09. The number of carbonyl (C=O) groups is 2.